The Hall–Kier alpha value is -3.58. The Morgan fingerprint density at radius 2 is 1.88 bits per heavy atom. The second-order valence-corrected chi connectivity index (χ2v) is 8.29. The fourth-order valence-corrected chi connectivity index (χ4v) is 4.38. The number of benzene rings is 3. The summed E-state index contributed by atoms with van der Waals surface area (Å²) in [5, 5.41) is 2.89. The van der Waals surface area contributed by atoms with Gasteiger partial charge in [-0.15, -0.1) is 0 Å². The second kappa shape index (κ2) is 9.28. The normalized spacial score (nSPS) is 14.3. The standard InChI is InChI=1S/C25H21FN2O3S/c1-28-21-13-18(24(29)27-15-16-7-10-19(31-2)11-8-16)9-12-22(21)32-23(25(28)30)14-17-5-3-4-6-20(17)26/h3-14H,15H2,1-2H3,(H,27,29). The predicted octanol–water partition coefficient (Wildman–Crippen LogP) is 4.87. The van der Waals surface area contributed by atoms with Gasteiger partial charge in [-0.1, -0.05) is 42.1 Å². The van der Waals surface area contributed by atoms with Crippen molar-refractivity contribution in [2.24, 2.45) is 0 Å². The van der Waals surface area contributed by atoms with Gasteiger partial charge in [0.1, 0.15) is 11.6 Å². The van der Waals surface area contributed by atoms with Gasteiger partial charge in [-0.2, -0.15) is 0 Å². The molecule has 0 radical (unpaired) electrons. The van der Waals surface area contributed by atoms with E-state index in [4.69, 9.17) is 4.74 Å². The molecule has 0 spiro atoms. The van der Waals surface area contributed by atoms with Crippen molar-refractivity contribution < 1.29 is 18.7 Å². The van der Waals surface area contributed by atoms with E-state index in [1.54, 1.807) is 56.6 Å². The Morgan fingerprint density at radius 3 is 2.59 bits per heavy atom. The van der Waals surface area contributed by atoms with Gasteiger partial charge in [0, 0.05) is 29.6 Å². The minimum Gasteiger partial charge on any atom is -0.497 e. The number of amides is 2. The van der Waals surface area contributed by atoms with Crippen LogP contribution in [0.15, 0.2) is 76.5 Å². The Labute approximate surface area is 189 Å². The number of hydrogen-bond acceptors (Lipinski definition) is 4. The second-order valence-electron chi connectivity index (χ2n) is 7.21. The lowest BCUT2D eigenvalue weighted by atomic mass is 10.1. The van der Waals surface area contributed by atoms with E-state index in [0.29, 0.717) is 28.3 Å². The van der Waals surface area contributed by atoms with Crippen LogP contribution in [-0.4, -0.2) is 26.0 Å². The molecule has 0 saturated heterocycles. The van der Waals surface area contributed by atoms with E-state index in [2.05, 4.69) is 5.32 Å². The van der Waals surface area contributed by atoms with Gasteiger partial charge in [-0.05, 0) is 48.0 Å². The molecule has 1 heterocycles. The van der Waals surface area contributed by atoms with E-state index in [1.165, 1.54) is 22.7 Å². The molecular formula is C25H21FN2O3S. The fourth-order valence-electron chi connectivity index (χ4n) is 3.30. The van der Waals surface area contributed by atoms with Crippen LogP contribution in [0.5, 0.6) is 5.75 Å². The summed E-state index contributed by atoms with van der Waals surface area (Å²) < 4.78 is 19.1. The molecule has 5 nitrogen and oxygen atoms in total. The van der Waals surface area contributed by atoms with Crippen LogP contribution in [0.3, 0.4) is 0 Å². The van der Waals surface area contributed by atoms with E-state index in [0.717, 1.165) is 16.2 Å². The number of rotatable bonds is 5. The lowest BCUT2D eigenvalue weighted by Crippen LogP contribution is -2.31. The molecule has 0 aliphatic carbocycles. The van der Waals surface area contributed by atoms with E-state index >= 15 is 0 Å². The highest BCUT2D eigenvalue weighted by Crippen LogP contribution is 2.42. The number of anilines is 1. The van der Waals surface area contributed by atoms with Gasteiger partial charge in [0.05, 0.1) is 17.7 Å². The van der Waals surface area contributed by atoms with Crippen molar-refractivity contribution in [3.05, 3.63) is 94.1 Å². The highest BCUT2D eigenvalue weighted by Gasteiger charge is 2.27. The van der Waals surface area contributed by atoms with Crippen molar-refractivity contribution in [2.45, 2.75) is 11.4 Å². The zero-order chi connectivity index (χ0) is 22.7. The average Bonchev–Trinajstić information content (AvgIpc) is 2.82. The predicted molar refractivity (Wildman–Crippen MR) is 124 cm³/mol. The van der Waals surface area contributed by atoms with Crippen LogP contribution in [0.1, 0.15) is 21.5 Å². The molecule has 3 aromatic carbocycles. The lowest BCUT2D eigenvalue weighted by Gasteiger charge is -2.27. The minimum atomic E-state index is -0.384. The number of halogens is 1. The van der Waals surface area contributed by atoms with Crippen molar-refractivity contribution in [3.63, 3.8) is 0 Å². The Bertz CT molecular complexity index is 1210. The van der Waals surface area contributed by atoms with Crippen LogP contribution in [0.2, 0.25) is 0 Å². The highest BCUT2D eigenvalue weighted by atomic mass is 32.2. The topological polar surface area (TPSA) is 58.6 Å². The molecule has 32 heavy (non-hydrogen) atoms. The maximum Gasteiger partial charge on any atom is 0.264 e. The van der Waals surface area contributed by atoms with Crippen LogP contribution in [-0.2, 0) is 11.3 Å². The van der Waals surface area contributed by atoms with Crippen LogP contribution in [0, 0.1) is 5.82 Å². The molecule has 0 saturated carbocycles. The van der Waals surface area contributed by atoms with Gasteiger partial charge in [0.15, 0.2) is 0 Å². The first kappa shape index (κ1) is 21.6. The molecule has 3 aromatic rings. The minimum absolute atomic E-state index is 0.234. The molecule has 0 fully saturated rings. The van der Waals surface area contributed by atoms with E-state index in [-0.39, 0.29) is 17.6 Å². The SMILES string of the molecule is COc1ccc(CNC(=O)c2ccc3c(c2)N(C)C(=O)C(=Cc2ccccc2F)S3)cc1. The molecule has 1 aliphatic rings. The number of carbonyl (C=O) groups excluding carboxylic acids is 2. The summed E-state index contributed by atoms with van der Waals surface area (Å²) in [7, 11) is 3.25. The smallest absolute Gasteiger partial charge is 0.264 e. The van der Waals surface area contributed by atoms with E-state index in [9.17, 15) is 14.0 Å². The summed E-state index contributed by atoms with van der Waals surface area (Å²) >= 11 is 1.27. The number of fused-ring (bicyclic) bond motifs is 1. The van der Waals surface area contributed by atoms with Crippen molar-refractivity contribution in [1.82, 2.24) is 5.32 Å². The summed E-state index contributed by atoms with van der Waals surface area (Å²) in [6, 6.07) is 19.0. The van der Waals surface area contributed by atoms with E-state index < -0.39 is 0 Å². The first-order valence-corrected chi connectivity index (χ1v) is 10.7. The monoisotopic (exact) mass is 448 g/mol. The summed E-state index contributed by atoms with van der Waals surface area (Å²) in [6.07, 6.45) is 1.55. The Morgan fingerprint density at radius 1 is 1.12 bits per heavy atom. The molecule has 1 aliphatic heterocycles. The van der Waals surface area contributed by atoms with Gasteiger partial charge < -0.3 is 15.0 Å². The first-order valence-electron chi connectivity index (χ1n) is 9.93. The van der Waals surface area contributed by atoms with Gasteiger partial charge >= 0.3 is 0 Å². The van der Waals surface area contributed by atoms with Crippen molar-refractivity contribution in [1.29, 1.82) is 0 Å². The van der Waals surface area contributed by atoms with Gasteiger partial charge in [0.2, 0.25) is 0 Å². The van der Waals surface area contributed by atoms with Crippen molar-refractivity contribution >= 4 is 35.3 Å². The van der Waals surface area contributed by atoms with E-state index in [1.807, 2.05) is 24.3 Å². The number of nitrogens with one attached hydrogen (secondary N) is 1. The molecular weight excluding hydrogens is 427 g/mol. The zero-order valence-corrected chi connectivity index (χ0v) is 18.4. The number of ether oxygens (including phenoxy) is 1. The number of likely N-dealkylation sites (N-methyl/N-ethyl adjacent to an activating group) is 1. The number of thioether (sulfide) groups is 1. The summed E-state index contributed by atoms with van der Waals surface area (Å²) in [6.45, 7) is 0.374. The number of hydrogen-bond donors (Lipinski definition) is 1. The summed E-state index contributed by atoms with van der Waals surface area (Å²) in [4.78, 5) is 28.2. The maximum atomic E-state index is 14.0. The number of nitrogens with zero attached hydrogens (tertiary/aromatic N) is 1. The zero-order valence-electron chi connectivity index (χ0n) is 17.6. The van der Waals surface area contributed by atoms with Gasteiger partial charge in [0.25, 0.3) is 11.8 Å². The third-order valence-corrected chi connectivity index (χ3v) is 6.20. The molecule has 0 aromatic heterocycles. The van der Waals surface area contributed by atoms with Gasteiger partial charge in [-0.25, -0.2) is 4.39 Å². The Kier molecular flexibility index (Phi) is 6.28. The third-order valence-electron chi connectivity index (χ3n) is 5.12. The molecule has 7 heteroatoms. The molecule has 0 bridgehead atoms. The molecule has 1 N–H and O–H groups in total. The number of carbonyl (C=O) groups is 2. The summed E-state index contributed by atoms with van der Waals surface area (Å²) in [5.74, 6) is -0.113. The highest BCUT2D eigenvalue weighted by molar-refractivity contribution is 8.04. The van der Waals surface area contributed by atoms with Crippen molar-refractivity contribution in [3.8, 4) is 5.75 Å². The van der Waals surface area contributed by atoms with Crippen LogP contribution in [0.4, 0.5) is 10.1 Å². The van der Waals surface area contributed by atoms with Gasteiger partial charge in [-0.3, -0.25) is 9.59 Å². The molecule has 4 rings (SSSR count). The maximum absolute atomic E-state index is 14.0. The largest absolute Gasteiger partial charge is 0.497 e. The Balaban J connectivity index is 1.51. The lowest BCUT2D eigenvalue weighted by molar-refractivity contribution is -0.114. The molecule has 162 valence electrons. The summed E-state index contributed by atoms with van der Waals surface area (Å²) in [5.41, 5.74) is 2.40. The average molecular weight is 449 g/mol. The van der Waals surface area contributed by atoms with Crippen molar-refractivity contribution in [2.75, 3.05) is 19.1 Å². The molecule has 0 atom stereocenters. The quantitative estimate of drug-likeness (QED) is 0.566. The third kappa shape index (κ3) is 4.53. The van der Waals surface area contributed by atoms with Crippen LogP contribution in [0.25, 0.3) is 6.08 Å². The number of methoxy groups -OCH3 is 1. The van der Waals surface area contributed by atoms with Crippen LogP contribution >= 0.6 is 11.8 Å². The molecule has 0 unspecified atom stereocenters. The first-order chi connectivity index (χ1) is 15.5. The fraction of sp³-hybridized carbons (Fsp3) is 0.120. The molecule has 2 amide bonds. The van der Waals surface area contributed by atoms with Crippen LogP contribution < -0.4 is 15.0 Å².